The quantitative estimate of drug-likeness (QED) is 0.529. The Morgan fingerprint density at radius 2 is 1.60 bits per heavy atom. The first-order valence-corrected chi connectivity index (χ1v) is 9.67. The molecule has 5 nitrogen and oxygen atoms in total. The van der Waals surface area contributed by atoms with Crippen LogP contribution in [0.1, 0.15) is 27.0 Å². The number of hydrogen-bond acceptors (Lipinski definition) is 3. The minimum absolute atomic E-state index is 0.174. The molecule has 0 saturated heterocycles. The number of benzene rings is 3. The van der Waals surface area contributed by atoms with Crippen LogP contribution >= 0.6 is 0 Å². The third-order valence-corrected chi connectivity index (χ3v) is 4.96. The van der Waals surface area contributed by atoms with Crippen LogP contribution in [0.4, 0.5) is 0 Å². The van der Waals surface area contributed by atoms with Gasteiger partial charge in [-0.05, 0) is 34.9 Å². The van der Waals surface area contributed by atoms with Crippen LogP contribution in [0.25, 0.3) is 11.1 Å². The molecule has 4 aromatic rings. The molecule has 1 heterocycles. The van der Waals surface area contributed by atoms with Crippen molar-refractivity contribution in [1.29, 1.82) is 5.26 Å². The smallest absolute Gasteiger partial charge is 0.252 e. The fourth-order valence-electron chi connectivity index (χ4n) is 3.45. The van der Waals surface area contributed by atoms with Gasteiger partial charge in [-0.2, -0.15) is 10.4 Å². The summed E-state index contributed by atoms with van der Waals surface area (Å²) in [5.74, 6) is -0.174. The summed E-state index contributed by atoms with van der Waals surface area (Å²) in [6.07, 6.45) is 3.67. The Morgan fingerprint density at radius 3 is 2.37 bits per heavy atom. The first kappa shape index (κ1) is 19.2. The van der Waals surface area contributed by atoms with Gasteiger partial charge in [0.2, 0.25) is 0 Å². The van der Waals surface area contributed by atoms with Crippen molar-refractivity contribution in [2.45, 2.75) is 13.1 Å². The number of nitrogens with one attached hydrogen (secondary N) is 1. The third kappa shape index (κ3) is 4.13. The number of amides is 1. The average molecular weight is 392 g/mol. The van der Waals surface area contributed by atoms with Crippen LogP contribution in [0.2, 0.25) is 0 Å². The standard InChI is InChI=1S/C25H20N4O/c26-16-19-8-3-4-11-22(19)23-12-5-6-13-24(23)25(30)27-17-20-9-1-2-10-21(20)18-29-15-7-14-28-29/h1-15H,17-18H2,(H,27,30). The molecule has 5 heteroatoms. The normalized spacial score (nSPS) is 10.4. The van der Waals surface area contributed by atoms with E-state index in [1.54, 1.807) is 18.3 Å². The van der Waals surface area contributed by atoms with Gasteiger partial charge in [-0.1, -0.05) is 60.7 Å². The number of carbonyl (C=O) groups excluding carboxylic acids is 1. The maximum atomic E-state index is 13.0. The van der Waals surface area contributed by atoms with Gasteiger partial charge < -0.3 is 5.32 Å². The third-order valence-electron chi connectivity index (χ3n) is 4.96. The van der Waals surface area contributed by atoms with E-state index >= 15 is 0 Å². The molecule has 0 aliphatic heterocycles. The van der Waals surface area contributed by atoms with E-state index in [0.717, 1.165) is 22.3 Å². The van der Waals surface area contributed by atoms with Crippen LogP contribution < -0.4 is 5.32 Å². The molecule has 3 aromatic carbocycles. The molecule has 1 amide bonds. The molecule has 30 heavy (non-hydrogen) atoms. The van der Waals surface area contributed by atoms with Crippen molar-refractivity contribution in [3.05, 3.63) is 114 Å². The highest BCUT2D eigenvalue weighted by Gasteiger charge is 2.15. The lowest BCUT2D eigenvalue weighted by Gasteiger charge is -2.13. The fourth-order valence-corrected chi connectivity index (χ4v) is 3.45. The zero-order valence-electron chi connectivity index (χ0n) is 16.3. The fraction of sp³-hybridized carbons (Fsp3) is 0.0800. The van der Waals surface area contributed by atoms with Crippen molar-refractivity contribution < 1.29 is 4.79 Å². The van der Waals surface area contributed by atoms with Crippen molar-refractivity contribution in [2.24, 2.45) is 0 Å². The predicted octanol–water partition coefficient (Wildman–Crippen LogP) is 4.40. The summed E-state index contributed by atoms with van der Waals surface area (Å²) in [7, 11) is 0. The lowest BCUT2D eigenvalue weighted by atomic mass is 9.95. The summed E-state index contributed by atoms with van der Waals surface area (Å²) in [4.78, 5) is 13.0. The van der Waals surface area contributed by atoms with Gasteiger partial charge in [-0.25, -0.2) is 0 Å². The van der Waals surface area contributed by atoms with Crippen molar-refractivity contribution >= 4 is 5.91 Å². The van der Waals surface area contributed by atoms with Gasteiger partial charge >= 0.3 is 0 Å². The second-order valence-electron chi connectivity index (χ2n) is 6.86. The molecule has 0 bridgehead atoms. The maximum absolute atomic E-state index is 13.0. The zero-order valence-corrected chi connectivity index (χ0v) is 16.3. The number of carbonyl (C=O) groups is 1. The maximum Gasteiger partial charge on any atom is 0.252 e. The van der Waals surface area contributed by atoms with Crippen molar-refractivity contribution in [2.75, 3.05) is 0 Å². The van der Waals surface area contributed by atoms with E-state index in [1.165, 1.54) is 0 Å². The molecular formula is C25H20N4O. The second-order valence-corrected chi connectivity index (χ2v) is 6.86. The summed E-state index contributed by atoms with van der Waals surface area (Å²) in [5.41, 5.74) is 4.73. The highest BCUT2D eigenvalue weighted by Crippen LogP contribution is 2.27. The Bertz CT molecular complexity index is 1210. The van der Waals surface area contributed by atoms with Crippen LogP contribution in [0.15, 0.2) is 91.3 Å². The largest absolute Gasteiger partial charge is 0.348 e. The molecule has 0 saturated carbocycles. The number of nitriles is 1. The molecule has 0 fully saturated rings. The van der Waals surface area contributed by atoms with Crippen molar-refractivity contribution in [3.8, 4) is 17.2 Å². The minimum atomic E-state index is -0.174. The SMILES string of the molecule is N#Cc1ccccc1-c1ccccc1C(=O)NCc1ccccc1Cn1cccn1. The molecule has 0 aliphatic rings. The van der Waals surface area contributed by atoms with Crippen molar-refractivity contribution in [1.82, 2.24) is 15.1 Å². The number of hydrogen-bond donors (Lipinski definition) is 1. The van der Waals surface area contributed by atoms with E-state index in [0.29, 0.717) is 24.2 Å². The molecule has 4 rings (SSSR count). The number of aromatic nitrogens is 2. The predicted molar refractivity (Wildman–Crippen MR) is 116 cm³/mol. The molecule has 0 radical (unpaired) electrons. The monoisotopic (exact) mass is 392 g/mol. The van der Waals surface area contributed by atoms with Crippen LogP contribution in [-0.4, -0.2) is 15.7 Å². The van der Waals surface area contributed by atoms with E-state index in [2.05, 4.69) is 16.5 Å². The first-order valence-electron chi connectivity index (χ1n) is 9.67. The number of nitrogens with zero attached hydrogens (tertiary/aromatic N) is 3. The van der Waals surface area contributed by atoms with E-state index in [9.17, 15) is 10.1 Å². The van der Waals surface area contributed by atoms with Crippen LogP contribution in [0, 0.1) is 11.3 Å². The van der Waals surface area contributed by atoms with Crippen LogP contribution in [0.3, 0.4) is 0 Å². The summed E-state index contributed by atoms with van der Waals surface area (Å²) in [6.45, 7) is 1.05. The van der Waals surface area contributed by atoms with Crippen molar-refractivity contribution in [3.63, 3.8) is 0 Å². The van der Waals surface area contributed by atoms with E-state index in [-0.39, 0.29) is 5.91 Å². The Balaban J connectivity index is 1.56. The Morgan fingerprint density at radius 1 is 0.900 bits per heavy atom. The zero-order chi connectivity index (χ0) is 20.8. The van der Waals surface area contributed by atoms with Gasteiger partial charge in [-0.15, -0.1) is 0 Å². The van der Waals surface area contributed by atoms with E-state index < -0.39 is 0 Å². The number of rotatable bonds is 6. The van der Waals surface area contributed by atoms with Crippen LogP contribution in [-0.2, 0) is 13.1 Å². The minimum Gasteiger partial charge on any atom is -0.348 e. The van der Waals surface area contributed by atoms with Gasteiger partial charge in [0.15, 0.2) is 0 Å². The average Bonchev–Trinajstić information content (AvgIpc) is 3.31. The van der Waals surface area contributed by atoms with E-state index in [1.807, 2.05) is 77.6 Å². The lowest BCUT2D eigenvalue weighted by molar-refractivity contribution is 0.0951. The molecular weight excluding hydrogens is 372 g/mol. The molecule has 146 valence electrons. The summed E-state index contributed by atoms with van der Waals surface area (Å²) in [6, 6.07) is 26.8. The highest BCUT2D eigenvalue weighted by molar-refractivity contribution is 6.01. The Hall–Kier alpha value is -4.17. The summed E-state index contributed by atoms with van der Waals surface area (Å²) in [5, 5.41) is 16.7. The second kappa shape index (κ2) is 8.89. The highest BCUT2D eigenvalue weighted by atomic mass is 16.1. The molecule has 1 N–H and O–H groups in total. The Labute approximate surface area is 175 Å². The van der Waals surface area contributed by atoms with Gasteiger partial charge in [0.1, 0.15) is 0 Å². The summed E-state index contributed by atoms with van der Waals surface area (Å²) >= 11 is 0. The molecule has 0 unspecified atom stereocenters. The lowest BCUT2D eigenvalue weighted by Crippen LogP contribution is -2.24. The first-order chi connectivity index (χ1) is 14.8. The topological polar surface area (TPSA) is 70.7 Å². The van der Waals surface area contributed by atoms with Gasteiger partial charge in [0.05, 0.1) is 18.2 Å². The molecule has 0 aliphatic carbocycles. The van der Waals surface area contributed by atoms with Gasteiger partial charge in [0, 0.05) is 30.1 Å². The summed E-state index contributed by atoms with van der Waals surface area (Å²) < 4.78 is 1.86. The van der Waals surface area contributed by atoms with E-state index in [4.69, 9.17) is 0 Å². The molecule has 0 atom stereocenters. The molecule has 0 spiro atoms. The van der Waals surface area contributed by atoms with Gasteiger partial charge in [0.25, 0.3) is 5.91 Å². The van der Waals surface area contributed by atoms with Gasteiger partial charge in [-0.3, -0.25) is 9.48 Å². The van der Waals surface area contributed by atoms with Crippen LogP contribution in [0.5, 0.6) is 0 Å². The molecule has 1 aromatic heterocycles. The Kier molecular flexibility index (Phi) is 5.68.